The summed E-state index contributed by atoms with van der Waals surface area (Å²) in [5.74, 6) is -0.959. The van der Waals surface area contributed by atoms with Crippen molar-refractivity contribution in [1.29, 1.82) is 0 Å². The number of aldehydes is 1. The minimum absolute atomic E-state index is 0.385. The van der Waals surface area contributed by atoms with Gasteiger partial charge < -0.3 is 15.6 Å². The highest BCUT2D eigenvalue weighted by atomic mass is 16.4. The second-order valence-corrected chi connectivity index (χ2v) is 2.87. The smallest absolute Gasteiger partial charge is 0.320 e. The lowest BCUT2D eigenvalue weighted by molar-refractivity contribution is -0.138. The first-order valence-electron chi connectivity index (χ1n) is 4.54. The molecule has 0 spiro atoms. The molecule has 1 atom stereocenters. The van der Waals surface area contributed by atoms with Crippen LogP contribution in [-0.4, -0.2) is 23.4 Å². The monoisotopic (exact) mass is 209 g/mol. The predicted octanol–water partition coefficient (Wildman–Crippen LogP) is 0.846. The Hall–Kier alpha value is -1.68. The Labute approximate surface area is 88.7 Å². The maximum absolute atomic E-state index is 10.4. The molecule has 3 N–H and O–H groups in total. The molecule has 4 heteroatoms. The first kappa shape index (κ1) is 13.3. The van der Waals surface area contributed by atoms with Gasteiger partial charge in [0.25, 0.3) is 0 Å². The van der Waals surface area contributed by atoms with Gasteiger partial charge in [-0.2, -0.15) is 0 Å². The van der Waals surface area contributed by atoms with Crippen LogP contribution in [0.3, 0.4) is 0 Å². The number of aliphatic carboxylic acids is 1. The SMILES string of the molecule is CC=O.N[C@@H](Cc1ccccc1)C(=O)O. The van der Waals surface area contributed by atoms with Crippen molar-refractivity contribution >= 4 is 12.3 Å². The van der Waals surface area contributed by atoms with Gasteiger partial charge in [-0.05, 0) is 18.9 Å². The van der Waals surface area contributed by atoms with Crippen molar-refractivity contribution in [2.75, 3.05) is 0 Å². The van der Waals surface area contributed by atoms with Crippen LogP contribution in [0.5, 0.6) is 0 Å². The van der Waals surface area contributed by atoms with Crippen LogP contribution >= 0.6 is 0 Å². The minimum atomic E-state index is -0.959. The summed E-state index contributed by atoms with van der Waals surface area (Å²) < 4.78 is 0. The molecular weight excluding hydrogens is 194 g/mol. The number of carboxylic acid groups (broad SMARTS) is 1. The summed E-state index contributed by atoms with van der Waals surface area (Å²) in [6, 6.07) is 8.54. The van der Waals surface area contributed by atoms with E-state index in [1.807, 2.05) is 30.3 Å². The summed E-state index contributed by atoms with van der Waals surface area (Å²) in [6.07, 6.45) is 1.14. The van der Waals surface area contributed by atoms with Crippen LogP contribution in [0.25, 0.3) is 0 Å². The standard InChI is InChI=1S/C9H11NO2.C2H4O/c10-8(9(11)12)6-7-4-2-1-3-5-7;1-2-3/h1-5,8H,6,10H2,(H,11,12);2H,1H3/t8-;/m0./s1. The molecule has 0 aromatic heterocycles. The summed E-state index contributed by atoms with van der Waals surface area (Å²) in [5, 5.41) is 8.52. The van der Waals surface area contributed by atoms with E-state index in [-0.39, 0.29) is 0 Å². The van der Waals surface area contributed by atoms with Crippen molar-refractivity contribution in [3.8, 4) is 0 Å². The predicted molar refractivity (Wildman–Crippen MR) is 57.5 cm³/mol. The lowest BCUT2D eigenvalue weighted by Gasteiger charge is -2.04. The van der Waals surface area contributed by atoms with Gasteiger partial charge in [0.1, 0.15) is 12.3 Å². The van der Waals surface area contributed by atoms with Gasteiger partial charge in [0, 0.05) is 0 Å². The van der Waals surface area contributed by atoms with E-state index >= 15 is 0 Å². The molecule has 0 aliphatic carbocycles. The lowest BCUT2D eigenvalue weighted by atomic mass is 10.1. The number of hydrogen-bond acceptors (Lipinski definition) is 3. The zero-order chi connectivity index (χ0) is 11.7. The van der Waals surface area contributed by atoms with Gasteiger partial charge in [-0.15, -0.1) is 0 Å². The molecule has 0 bridgehead atoms. The molecule has 0 saturated carbocycles. The maximum Gasteiger partial charge on any atom is 0.320 e. The summed E-state index contributed by atoms with van der Waals surface area (Å²) >= 11 is 0. The zero-order valence-corrected chi connectivity index (χ0v) is 8.59. The van der Waals surface area contributed by atoms with Crippen LogP contribution in [0.2, 0.25) is 0 Å². The Morgan fingerprint density at radius 3 is 2.33 bits per heavy atom. The van der Waals surface area contributed by atoms with E-state index in [1.54, 1.807) is 0 Å². The van der Waals surface area contributed by atoms with E-state index in [0.29, 0.717) is 6.42 Å². The molecule has 0 unspecified atom stereocenters. The summed E-state index contributed by atoms with van der Waals surface area (Å²) in [5.41, 5.74) is 6.30. The average Bonchev–Trinajstić information content (AvgIpc) is 2.20. The highest BCUT2D eigenvalue weighted by molar-refractivity contribution is 5.73. The van der Waals surface area contributed by atoms with Crippen LogP contribution in [0.1, 0.15) is 12.5 Å². The Balaban J connectivity index is 0.000000583. The van der Waals surface area contributed by atoms with Crippen molar-refractivity contribution in [2.45, 2.75) is 19.4 Å². The highest BCUT2D eigenvalue weighted by Gasteiger charge is 2.10. The average molecular weight is 209 g/mol. The molecule has 0 aliphatic rings. The van der Waals surface area contributed by atoms with E-state index < -0.39 is 12.0 Å². The molecule has 0 heterocycles. The number of nitrogens with two attached hydrogens (primary N) is 1. The molecule has 15 heavy (non-hydrogen) atoms. The molecule has 4 nitrogen and oxygen atoms in total. The van der Waals surface area contributed by atoms with E-state index in [2.05, 4.69) is 0 Å². The summed E-state index contributed by atoms with van der Waals surface area (Å²) in [6.45, 7) is 1.44. The Morgan fingerprint density at radius 1 is 1.47 bits per heavy atom. The first-order valence-corrected chi connectivity index (χ1v) is 4.54. The third kappa shape index (κ3) is 6.40. The number of carbonyl (C=O) groups is 2. The third-order valence-electron chi connectivity index (χ3n) is 1.62. The lowest BCUT2D eigenvalue weighted by Crippen LogP contribution is -2.32. The van der Waals surface area contributed by atoms with Gasteiger partial charge in [-0.25, -0.2) is 0 Å². The molecular formula is C11H15NO3. The zero-order valence-electron chi connectivity index (χ0n) is 8.59. The van der Waals surface area contributed by atoms with Crippen molar-refractivity contribution in [3.05, 3.63) is 35.9 Å². The van der Waals surface area contributed by atoms with Gasteiger partial charge in [-0.1, -0.05) is 30.3 Å². The summed E-state index contributed by atoms with van der Waals surface area (Å²) in [7, 11) is 0. The molecule has 0 aliphatic heterocycles. The molecule has 0 saturated heterocycles. The molecule has 0 fully saturated rings. The molecule has 0 amide bonds. The van der Waals surface area contributed by atoms with Gasteiger partial charge >= 0.3 is 5.97 Å². The van der Waals surface area contributed by atoms with E-state index in [1.165, 1.54) is 6.92 Å². The minimum Gasteiger partial charge on any atom is -0.480 e. The Kier molecular flexibility index (Phi) is 6.84. The molecule has 1 aromatic carbocycles. The van der Waals surface area contributed by atoms with Gasteiger partial charge in [-0.3, -0.25) is 4.79 Å². The fourth-order valence-corrected chi connectivity index (χ4v) is 0.955. The van der Waals surface area contributed by atoms with Gasteiger partial charge in [0.05, 0.1) is 0 Å². The van der Waals surface area contributed by atoms with E-state index in [4.69, 9.17) is 15.6 Å². The second kappa shape index (κ2) is 7.70. The third-order valence-corrected chi connectivity index (χ3v) is 1.62. The van der Waals surface area contributed by atoms with Crippen LogP contribution in [-0.2, 0) is 16.0 Å². The number of carboxylic acids is 1. The number of hydrogen-bond donors (Lipinski definition) is 2. The van der Waals surface area contributed by atoms with Crippen molar-refractivity contribution in [1.82, 2.24) is 0 Å². The normalized spacial score (nSPS) is 10.8. The fourth-order valence-electron chi connectivity index (χ4n) is 0.955. The quantitative estimate of drug-likeness (QED) is 0.723. The number of carbonyl (C=O) groups excluding carboxylic acids is 1. The van der Waals surface area contributed by atoms with Crippen LogP contribution in [0.4, 0.5) is 0 Å². The van der Waals surface area contributed by atoms with Crippen LogP contribution < -0.4 is 5.73 Å². The van der Waals surface area contributed by atoms with E-state index in [9.17, 15) is 4.79 Å². The Bertz CT molecular complexity index is 298. The number of rotatable bonds is 3. The Morgan fingerprint density at radius 2 is 1.93 bits per heavy atom. The van der Waals surface area contributed by atoms with Gasteiger partial charge in [0.2, 0.25) is 0 Å². The van der Waals surface area contributed by atoms with Crippen molar-refractivity contribution in [2.24, 2.45) is 5.73 Å². The van der Waals surface area contributed by atoms with Crippen molar-refractivity contribution < 1.29 is 14.7 Å². The second-order valence-electron chi connectivity index (χ2n) is 2.87. The first-order chi connectivity index (χ1) is 7.11. The van der Waals surface area contributed by atoms with Crippen LogP contribution in [0, 0.1) is 0 Å². The highest BCUT2D eigenvalue weighted by Crippen LogP contribution is 2.01. The number of benzene rings is 1. The molecule has 82 valence electrons. The van der Waals surface area contributed by atoms with Crippen molar-refractivity contribution in [3.63, 3.8) is 0 Å². The largest absolute Gasteiger partial charge is 0.480 e. The molecule has 1 aromatic rings. The summed E-state index contributed by atoms with van der Waals surface area (Å²) in [4.78, 5) is 19.2. The fraction of sp³-hybridized carbons (Fsp3) is 0.273. The molecule has 1 rings (SSSR count). The molecule has 0 radical (unpaired) electrons. The maximum atomic E-state index is 10.4. The van der Waals surface area contributed by atoms with E-state index in [0.717, 1.165) is 11.8 Å². The van der Waals surface area contributed by atoms with Crippen LogP contribution in [0.15, 0.2) is 30.3 Å². The topological polar surface area (TPSA) is 80.4 Å². The van der Waals surface area contributed by atoms with Gasteiger partial charge in [0.15, 0.2) is 0 Å².